The Morgan fingerprint density at radius 3 is 2.45 bits per heavy atom. The van der Waals surface area contributed by atoms with E-state index in [-0.39, 0.29) is 17.0 Å². The number of hydrogen-bond acceptors (Lipinski definition) is 6. The molecule has 2 aliphatic rings. The predicted molar refractivity (Wildman–Crippen MR) is 106 cm³/mol. The third-order valence-electron chi connectivity index (χ3n) is 5.90. The van der Waals surface area contributed by atoms with E-state index in [9.17, 15) is 8.42 Å². The number of piperidine rings is 1. The molecule has 1 saturated heterocycles. The molecule has 0 atom stereocenters. The first-order valence-electron chi connectivity index (χ1n) is 10.2. The number of imidazole rings is 1. The summed E-state index contributed by atoms with van der Waals surface area (Å²) >= 11 is 0. The van der Waals surface area contributed by atoms with Gasteiger partial charge in [0.2, 0.25) is 0 Å². The van der Waals surface area contributed by atoms with Gasteiger partial charge in [0.25, 0.3) is 10.0 Å². The lowest BCUT2D eigenvalue weighted by Gasteiger charge is -2.29. The highest BCUT2D eigenvalue weighted by molar-refractivity contribution is 7.89. The largest absolute Gasteiger partial charge is 0.334 e. The number of hydrogen-bond donors (Lipinski definition) is 0. The average Bonchev–Trinajstić information content (AvgIpc) is 3.27. The van der Waals surface area contributed by atoms with Crippen LogP contribution in [0.15, 0.2) is 29.7 Å². The summed E-state index contributed by atoms with van der Waals surface area (Å²) in [6.07, 6.45) is 6.97. The van der Waals surface area contributed by atoms with Gasteiger partial charge in [-0.2, -0.15) is 13.9 Å². The van der Waals surface area contributed by atoms with Crippen LogP contribution in [0.2, 0.25) is 0 Å². The minimum atomic E-state index is -3.58. The Hall–Kier alpha value is -2.33. The van der Waals surface area contributed by atoms with Crippen molar-refractivity contribution in [3.05, 3.63) is 36.2 Å². The molecule has 1 saturated carbocycles. The lowest BCUT2D eigenvalue weighted by molar-refractivity contribution is 0.310. The second kappa shape index (κ2) is 6.88. The van der Waals surface area contributed by atoms with Crippen LogP contribution in [0.4, 0.5) is 0 Å². The zero-order valence-electron chi connectivity index (χ0n) is 16.6. The lowest BCUT2D eigenvalue weighted by Crippen LogP contribution is -2.38. The van der Waals surface area contributed by atoms with Crippen molar-refractivity contribution in [3.8, 4) is 0 Å². The molecule has 1 aliphatic carbocycles. The molecule has 9 nitrogen and oxygen atoms in total. The molecule has 29 heavy (non-hydrogen) atoms. The van der Waals surface area contributed by atoms with E-state index >= 15 is 0 Å². The van der Waals surface area contributed by atoms with Crippen molar-refractivity contribution in [2.75, 3.05) is 13.1 Å². The highest BCUT2D eigenvalue weighted by Gasteiger charge is 2.33. The van der Waals surface area contributed by atoms with Gasteiger partial charge in [-0.25, -0.2) is 13.4 Å². The summed E-state index contributed by atoms with van der Waals surface area (Å²) < 4.78 is 31.1. The first kappa shape index (κ1) is 18.7. The molecular formula is C19H25N7O2S. The van der Waals surface area contributed by atoms with E-state index in [1.165, 1.54) is 17.1 Å². The van der Waals surface area contributed by atoms with E-state index in [0.29, 0.717) is 31.8 Å². The third-order valence-corrected chi connectivity index (χ3v) is 7.68. The maximum atomic E-state index is 13.0. The van der Waals surface area contributed by atoms with Crippen molar-refractivity contribution < 1.29 is 8.42 Å². The van der Waals surface area contributed by atoms with Crippen molar-refractivity contribution >= 4 is 15.7 Å². The van der Waals surface area contributed by atoms with Crippen LogP contribution < -0.4 is 0 Å². The number of fused-ring (bicyclic) bond motifs is 1. The molecule has 4 heterocycles. The van der Waals surface area contributed by atoms with Crippen molar-refractivity contribution in [1.29, 1.82) is 0 Å². The summed E-state index contributed by atoms with van der Waals surface area (Å²) in [7, 11) is -3.58. The quantitative estimate of drug-likeness (QED) is 0.634. The third kappa shape index (κ3) is 3.33. The fourth-order valence-electron chi connectivity index (χ4n) is 3.89. The first-order chi connectivity index (χ1) is 13.9. The molecule has 0 aromatic carbocycles. The second-order valence-corrected chi connectivity index (χ2v) is 10.2. The van der Waals surface area contributed by atoms with Gasteiger partial charge in [-0.1, -0.05) is 0 Å². The maximum Gasteiger partial charge on any atom is 0.262 e. The Morgan fingerprint density at radius 2 is 1.79 bits per heavy atom. The number of nitrogens with zero attached hydrogens (tertiary/aromatic N) is 7. The summed E-state index contributed by atoms with van der Waals surface area (Å²) in [5, 5.41) is 13.5. The fourth-order valence-corrected chi connectivity index (χ4v) is 5.28. The monoisotopic (exact) mass is 415 g/mol. The summed E-state index contributed by atoms with van der Waals surface area (Å²) in [6.45, 7) is 4.88. The summed E-state index contributed by atoms with van der Waals surface area (Å²) in [6, 6.07) is 4.19. The standard InChI is InChI=1S/C19H25N7O2S/c1-13(2)24-11-18(20-12-24)29(27,28)25-9-7-15(8-10-25)19-22-21-17-6-5-16(14-3-4-14)23-26(17)19/h5-6,11-15H,3-4,7-10H2,1-2H3. The van der Waals surface area contributed by atoms with E-state index in [1.54, 1.807) is 12.5 Å². The van der Waals surface area contributed by atoms with E-state index in [1.807, 2.05) is 35.1 Å². The van der Waals surface area contributed by atoms with Gasteiger partial charge >= 0.3 is 0 Å². The Labute approximate surface area is 169 Å². The average molecular weight is 416 g/mol. The lowest BCUT2D eigenvalue weighted by atomic mass is 9.97. The maximum absolute atomic E-state index is 13.0. The van der Waals surface area contributed by atoms with Crippen molar-refractivity contribution in [2.24, 2.45) is 0 Å². The molecule has 3 aromatic heterocycles. The van der Waals surface area contributed by atoms with E-state index in [4.69, 9.17) is 5.10 Å². The molecule has 1 aliphatic heterocycles. The molecular weight excluding hydrogens is 390 g/mol. The minimum Gasteiger partial charge on any atom is -0.334 e. The van der Waals surface area contributed by atoms with Gasteiger partial charge in [-0.15, -0.1) is 10.2 Å². The zero-order valence-corrected chi connectivity index (χ0v) is 17.5. The van der Waals surface area contributed by atoms with Crippen molar-refractivity contribution in [2.45, 2.75) is 62.4 Å². The minimum absolute atomic E-state index is 0.119. The van der Waals surface area contributed by atoms with Gasteiger partial charge in [0.15, 0.2) is 16.5 Å². The molecule has 10 heteroatoms. The Balaban J connectivity index is 1.33. The van der Waals surface area contributed by atoms with Gasteiger partial charge in [0.05, 0.1) is 12.0 Å². The van der Waals surface area contributed by atoms with E-state index in [2.05, 4.69) is 15.2 Å². The fraction of sp³-hybridized carbons (Fsp3) is 0.579. The Bertz CT molecular complexity index is 1140. The normalized spacial score (nSPS) is 19.4. The molecule has 0 N–H and O–H groups in total. The molecule has 0 amide bonds. The highest BCUT2D eigenvalue weighted by atomic mass is 32.2. The molecule has 3 aromatic rings. The van der Waals surface area contributed by atoms with Crippen LogP contribution in [0, 0.1) is 0 Å². The predicted octanol–water partition coefficient (Wildman–Crippen LogP) is 2.35. The molecule has 154 valence electrons. The van der Waals surface area contributed by atoms with Gasteiger partial charge in [-0.05, 0) is 51.7 Å². The topological polar surface area (TPSA) is 98.3 Å². The molecule has 0 spiro atoms. The SMILES string of the molecule is CC(C)n1cnc(S(=O)(=O)N2CCC(c3nnc4ccc(C5CC5)nn34)CC2)c1. The smallest absolute Gasteiger partial charge is 0.262 e. The molecule has 5 rings (SSSR count). The van der Waals surface area contributed by atoms with Crippen LogP contribution in [-0.2, 0) is 10.0 Å². The van der Waals surface area contributed by atoms with Gasteiger partial charge in [-0.3, -0.25) is 0 Å². The van der Waals surface area contributed by atoms with Crippen LogP contribution in [-0.4, -0.2) is 55.2 Å². The Kier molecular flexibility index (Phi) is 4.43. The van der Waals surface area contributed by atoms with Gasteiger partial charge in [0, 0.05) is 37.2 Å². The van der Waals surface area contributed by atoms with Crippen molar-refractivity contribution in [1.82, 2.24) is 33.7 Å². The molecule has 0 unspecified atom stereocenters. The highest BCUT2D eigenvalue weighted by Crippen LogP contribution is 2.39. The summed E-state index contributed by atoms with van der Waals surface area (Å²) in [5.41, 5.74) is 1.85. The molecule has 0 bridgehead atoms. The number of aromatic nitrogens is 6. The van der Waals surface area contributed by atoms with Crippen LogP contribution in [0.25, 0.3) is 5.65 Å². The Morgan fingerprint density at radius 1 is 1.03 bits per heavy atom. The second-order valence-electron chi connectivity index (χ2n) is 8.29. The number of sulfonamides is 1. The van der Waals surface area contributed by atoms with Crippen LogP contribution in [0.3, 0.4) is 0 Å². The van der Waals surface area contributed by atoms with Crippen LogP contribution in [0.5, 0.6) is 0 Å². The van der Waals surface area contributed by atoms with E-state index < -0.39 is 10.0 Å². The molecule has 2 fully saturated rings. The van der Waals surface area contributed by atoms with Crippen LogP contribution >= 0.6 is 0 Å². The van der Waals surface area contributed by atoms with Crippen molar-refractivity contribution in [3.63, 3.8) is 0 Å². The van der Waals surface area contributed by atoms with E-state index in [0.717, 1.165) is 17.2 Å². The van der Waals surface area contributed by atoms with Gasteiger partial charge < -0.3 is 4.57 Å². The van der Waals surface area contributed by atoms with Crippen LogP contribution in [0.1, 0.15) is 68.9 Å². The van der Waals surface area contributed by atoms with Gasteiger partial charge in [0.1, 0.15) is 0 Å². The summed E-state index contributed by atoms with van der Waals surface area (Å²) in [4.78, 5) is 4.12. The zero-order chi connectivity index (χ0) is 20.2. The summed E-state index contributed by atoms with van der Waals surface area (Å²) in [5.74, 6) is 1.54. The molecule has 0 radical (unpaired) electrons. The first-order valence-corrected chi connectivity index (χ1v) is 11.6. The number of rotatable bonds is 5.